The summed E-state index contributed by atoms with van der Waals surface area (Å²) >= 11 is 7.21. The lowest BCUT2D eigenvalue weighted by molar-refractivity contribution is -0.140. The van der Waals surface area contributed by atoms with E-state index in [1.165, 1.54) is 18.9 Å². The van der Waals surface area contributed by atoms with Gasteiger partial charge < -0.3 is 15.2 Å². The third kappa shape index (κ3) is 6.84. The highest BCUT2D eigenvalue weighted by atomic mass is 35.5. The van der Waals surface area contributed by atoms with E-state index in [9.17, 15) is 9.59 Å². The summed E-state index contributed by atoms with van der Waals surface area (Å²) in [7, 11) is 1.42. The average molecular weight is 332 g/mol. The predicted molar refractivity (Wildman–Crippen MR) is 82.8 cm³/mol. The fraction of sp³-hybridized carbons (Fsp3) is 0.429. The number of hydrogen-bond acceptors (Lipinski definition) is 4. The molecule has 0 aliphatic carbocycles. The molecule has 0 radical (unpaired) electrons. The lowest BCUT2D eigenvalue weighted by Gasteiger charge is -2.16. The van der Waals surface area contributed by atoms with E-state index in [0.717, 1.165) is 4.90 Å². The second kappa shape index (κ2) is 8.92. The van der Waals surface area contributed by atoms with Crippen LogP contribution in [0.5, 0.6) is 0 Å². The Hall–Kier alpha value is -1.24. The van der Waals surface area contributed by atoms with Crippen LogP contribution in [-0.2, 0) is 14.3 Å². The summed E-state index contributed by atoms with van der Waals surface area (Å²) < 4.78 is 5.01. The van der Waals surface area contributed by atoms with Gasteiger partial charge in [-0.3, -0.25) is 9.59 Å². The molecule has 0 aliphatic rings. The third-order valence-electron chi connectivity index (χ3n) is 2.74. The van der Waals surface area contributed by atoms with Gasteiger partial charge in [0.1, 0.15) is 0 Å². The molecule has 7 heteroatoms. The summed E-state index contributed by atoms with van der Waals surface area (Å²) in [5.41, 5.74) is 0. The van der Waals surface area contributed by atoms with Crippen molar-refractivity contribution in [3.8, 4) is 0 Å². The summed E-state index contributed by atoms with van der Waals surface area (Å²) in [6.45, 7) is 1.96. The minimum absolute atomic E-state index is 0.143. The molecule has 0 aromatic heterocycles. The van der Waals surface area contributed by atoms with Gasteiger partial charge in [0.15, 0.2) is 0 Å². The van der Waals surface area contributed by atoms with Crippen molar-refractivity contribution < 1.29 is 19.4 Å². The van der Waals surface area contributed by atoms with E-state index in [4.69, 9.17) is 21.4 Å². The van der Waals surface area contributed by atoms with E-state index < -0.39 is 12.1 Å². The number of benzene rings is 1. The molecule has 0 heterocycles. The summed E-state index contributed by atoms with van der Waals surface area (Å²) in [5, 5.41) is 11.7. The second-order valence-electron chi connectivity index (χ2n) is 4.41. The molecule has 5 nitrogen and oxygen atoms in total. The van der Waals surface area contributed by atoms with E-state index in [2.05, 4.69) is 5.32 Å². The van der Waals surface area contributed by atoms with Crippen LogP contribution in [0.3, 0.4) is 0 Å². The smallest absolute Gasteiger partial charge is 0.306 e. The number of carbonyl (C=O) groups is 2. The van der Waals surface area contributed by atoms with Crippen LogP contribution in [0.25, 0.3) is 0 Å². The van der Waals surface area contributed by atoms with Crippen molar-refractivity contribution >= 4 is 35.2 Å². The predicted octanol–water partition coefficient (Wildman–Crippen LogP) is 2.43. The number of nitrogens with one attached hydrogen (secondary N) is 1. The molecule has 116 valence electrons. The van der Waals surface area contributed by atoms with Gasteiger partial charge in [0, 0.05) is 23.6 Å². The van der Waals surface area contributed by atoms with Crippen LogP contribution >= 0.6 is 23.4 Å². The Labute approximate surface area is 133 Å². The van der Waals surface area contributed by atoms with Crippen LogP contribution in [0.1, 0.15) is 13.3 Å². The van der Waals surface area contributed by atoms with Crippen molar-refractivity contribution in [2.24, 2.45) is 0 Å². The first-order chi connectivity index (χ1) is 9.92. The van der Waals surface area contributed by atoms with E-state index >= 15 is 0 Å². The number of carboxylic acids is 1. The molecule has 1 aromatic carbocycles. The number of halogens is 1. The molecule has 0 aliphatic heterocycles. The molecule has 2 unspecified atom stereocenters. The fourth-order valence-electron chi connectivity index (χ4n) is 1.56. The van der Waals surface area contributed by atoms with E-state index in [1.807, 2.05) is 12.1 Å². The van der Waals surface area contributed by atoms with Crippen LogP contribution in [0, 0.1) is 0 Å². The molecular weight excluding hydrogens is 314 g/mol. The summed E-state index contributed by atoms with van der Waals surface area (Å²) in [4.78, 5) is 23.5. The highest BCUT2D eigenvalue weighted by Crippen LogP contribution is 2.24. The molecule has 2 atom stereocenters. The summed E-state index contributed by atoms with van der Waals surface area (Å²) in [6.07, 6.45) is -0.672. The number of rotatable bonds is 8. The van der Waals surface area contributed by atoms with Gasteiger partial charge in [0.25, 0.3) is 0 Å². The molecule has 0 saturated heterocycles. The number of carbonyl (C=O) groups excluding carboxylic acids is 1. The highest BCUT2D eigenvalue weighted by molar-refractivity contribution is 8.00. The Morgan fingerprint density at radius 1 is 1.38 bits per heavy atom. The second-order valence-corrected chi connectivity index (χ2v) is 6.27. The maximum absolute atomic E-state index is 12.0. The van der Waals surface area contributed by atoms with Crippen LogP contribution < -0.4 is 5.32 Å². The first-order valence-electron chi connectivity index (χ1n) is 6.37. The van der Waals surface area contributed by atoms with Gasteiger partial charge in [-0.25, -0.2) is 0 Å². The standard InChI is InChI=1S/C14H18ClNO4S/c1-9(21-12-5-3-10(15)4-6-12)14(19)16-8-11(20-2)7-13(17)18/h3-6,9,11H,7-8H2,1-2H3,(H,16,19)(H,17,18). The zero-order chi connectivity index (χ0) is 15.8. The van der Waals surface area contributed by atoms with E-state index in [1.54, 1.807) is 19.1 Å². The van der Waals surface area contributed by atoms with Gasteiger partial charge in [0.2, 0.25) is 5.91 Å². The monoisotopic (exact) mass is 331 g/mol. The van der Waals surface area contributed by atoms with Crippen molar-refractivity contribution in [3.63, 3.8) is 0 Å². The topological polar surface area (TPSA) is 75.6 Å². The lowest BCUT2D eigenvalue weighted by Crippen LogP contribution is -2.38. The molecular formula is C14H18ClNO4S. The Kier molecular flexibility index (Phi) is 7.56. The van der Waals surface area contributed by atoms with Crippen LogP contribution in [0.15, 0.2) is 29.2 Å². The van der Waals surface area contributed by atoms with Crippen molar-refractivity contribution in [1.82, 2.24) is 5.32 Å². The molecule has 1 amide bonds. The van der Waals surface area contributed by atoms with Gasteiger partial charge in [-0.1, -0.05) is 11.6 Å². The Morgan fingerprint density at radius 2 is 2.00 bits per heavy atom. The fourth-order valence-corrected chi connectivity index (χ4v) is 2.58. The molecule has 1 aromatic rings. The van der Waals surface area contributed by atoms with Gasteiger partial charge in [-0.2, -0.15) is 0 Å². The van der Waals surface area contributed by atoms with Gasteiger partial charge in [0.05, 0.1) is 17.8 Å². The molecule has 0 spiro atoms. The molecule has 1 rings (SSSR count). The summed E-state index contributed by atoms with van der Waals surface area (Å²) in [5.74, 6) is -1.12. The first-order valence-corrected chi connectivity index (χ1v) is 7.62. The zero-order valence-corrected chi connectivity index (χ0v) is 13.4. The minimum atomic E-state index is -0.959. The molecule has 0 bridgehead atoms. The zero-order valence-electron chi connectivity index (χ0n) is 11.8. The van der Waals surface area contributed by atoms with Crippen LogP contribution in [-0.4, -0.2) is 42.0 Å². The first kappa shape index (κ1) is 17.8. The number of methoxy groups -OCH3 is 1. The van der Waals surface area contributed by atoms with E-state index in [-0.39, 0.29) is 24.1 Å². The van der Waals surface area contributed by atoms with E-state index in [0.29, 0.717) is 5.02 Å². The minimum Gasteiger partial charge on any atom is -0.481 e. The number of hydrogen-bond donors (Lipinski definition) is 2. The number of thioether (sulfide) groups is 1. The Morgan fingerprint density at radius 3 is 2.52 bits per heavy atom. The average Bonchev–Trinajstić information content (AvgIpc) is 2.45. The third-order valence-corrected chi connectivity index (χ3v) is 4.10. The molecule has 0 fully saturated rings. The van der Waals surface area contributed by atoms with Gasteiger partial charge in [-0.05, 0) is 31.2 Å². The molecule has 2 N–H and O–H groups in total. The van der Waals surface area contributed by atoms with Gasteiger partial charge in [-0.15, -0.1) is 11.8 Å². The van der Waals surface area contributed by atoms with Crippen LogP contribution in [0.2, 0.25) is 5.02 Å². The maximum Gasteiger partial charge on any atom is 0.306 e. The van der Waals surface area contributed by atoms with Crippen molar-refractivity contribution in [2.45, 2.75) is 29.6 Å². The summed E-state index contributed by atoms with van der Waals surface area (Å²) in [6, 6.07) is 7.23. The maximum atomic E-state index is 12.0. The SMILES string of the molecule is COC(CNC(=O)C(C)Sc1ccc(Cl)cc1)CC(=O)O. The Balaban J connectivity index is 2.43. The normalized spacial score (nSPS) is 13.5. The van der Waals surface area contributed by atoms with Crippen molar-refractivity contribution in [1.29, 1.82) is 0 Å². The van der Waals surface area contributed by atoms with Crippen molar-refractivity contribution in [2.75, 3.05) is 13.7 Å². The molecule has 0 saturated carbocycles. The lowest BCUT2D eigenvalue weighted by atomic mass is 10.2. The van der Waals surface area contributed by atoms with Crippen LogP contribution in [0.4, 0.5) is 0 Å². The Bertz CT molecular complexity index is 480. The number of aliphatic carboxylic acids is 1. The molecule has 21 heavy (non-hydrogen) atoms. The van der Waals surface area contributed by atoms with Gasteiger partial charge >= 0.3 is 5.97 Å². The number of carboxylic acid groups (broad SMARTS) is 1. The largest absolute Gasteiger partial charge is 0.481 e. The quantitative estimate of drug-likeness (QED) is 0.715. The number of amides is 1. The highest BCUT2D eigenvalue weighted by Gasteiger charge is 2.17. The number of ether oxygens (including phenoxy) is 1. The van der Waals surface area contributed by atoms with Crippen molar-refractivity contribution in [3.05, 3.63) is 29.3 Å².